The summed E-state index contributed by atoms with van der Waals surface area (Å²) < 4.78 is 27.8. The Balaban J connectivity index is 1.85. The van der Waals surface area contributed by atoms with Gasteiger partial charge in [0, 0.05) is 44.2 Å². The van der Waals surface area contributed by atoms with Crippen LogP contribution in [0.1, 0.15) is 31.9 Å². The Labute approximate surface area is 214 Å². The van der Waals surface area contributed by atoms with Crippen molar-refractivity contribution in [2.45, 2.75) is 44.4 Å². The number of nitrogens with one attached hydrogen (secondary N) is 1. The van der Waals surface area contributed by atoms with E-state index in [1.54, 1.807) is 12.1 Å². The highest BCUT2D eigenvalue weighted by molar-refractivity contribution is 8.00. The number of sulfonamides is 1. The van der Waals surface area contributed by atoms with Gasteiger partial charge >= 0.3 is 0 Å². The molecule has 1 aliphatic rings. The van der Waals surface area contributed by atoms with Crippen LogP contribution >= 0.6 is 11.8 Å². The van der Waals surface area contributed by atoms with Gasteiger partial charge in [-0.05, 0) is 50.2 Å². The van der Waals surface area contributed by atoms with Crippen molar-refractivity contribution in [2.24, 2.45) is 0 Å². The number of carbonyl (C=O) groups excluding carboxylic acids is 1. The van der Waals surface area contributed by atoms with Crippen molar-refractivity contribution in [3.63, 3.8) is 0 Å². The lowest BCUT2D eigenvalue weighted by molar-refractivity contribution is -0.113. The fourth-order valence-electron chi connectivity index (χ4n) is 4.36. The molecule has 2 aromatic rings. The number of piperazine rings is 1. The minimum absolute atomic E-state index is 0.152. The van der Waals surface area contributed by atoms with E-state index in [4.69, 9.17) is 0 Å². The first-order valence-corrected chi connectivity index (χ1v) is 14.7. The van der Waals surface area contributed by atoms with Gasteiger partial charge in [0.2, 0.25) is 15.9 Å². The predicted molar refractivity (Wildman–Crippen MR) is 146 cm³/mol. The van der Waals surface area contributed by atoms with Crippen molar-refractivity contribution >= 4 is 39.1 Å². The average molecular weight is 519 g/mol. The molecular weight excluding hydrogens is 480 g/mol. The number of anilines is 2. The molecular formula is C26H38N4O3S2. The monoisotopic (exact) mass is 518 g/mol. The number of rotatable bonds is 10. The number of benzene rings is 2. The maximum atomic E-state index is 13.2. The number of thioether (sulfide) groups is 1. The van der Waals surface area contributed by atoms with Gasteiger partial charge in [0.1, 0.15) is 0 Å². The predicted octanol–water partition coefficient (Wildman–Crippen LogP) is 4.21. The van der Waals surface area contributed by atoms with Crippen molar-refractivity contribution in [2.75, 3.05) is 61.8 Å². The topological polar surface area (TPSA) is 73.0 Å². The largest absolute Gasteiger partial charge is 0.367 e. The Bertz CT molecular complexity index is 1130. The first-order chi connectivity index (χ1) is 16.7. The molecule has 1 fully saturated rings. The average Bonchev–Trinajstić information content (AvgIpc) is 2.84. The van der Waals surface area contributed by atoms with Gasteiger partial charge < -0.3 is 15.1 Å². The van der Waals surface area contributed by atoms with Crippen LogP contribution in [-0.2, 0) is 14.8 Å². The van der Waals surface area contributed by atoms with Gasteiger partial charge in [-0.2, -0.15) is 4.31 Å². The van der Waals surface area contributed by atoms with Crippen LogP contribution in [0.15, 0.2) is 46.2 Å². The number of carbonyl (C=O) groups is 1. The quantitative estimate of drug-likeness (QED) is 0.475. The number of amides is 1. The SMILES string of the molecule is CCN1CCN(c2ccc(S(=O)(=O)N(CC)CC)cc2NC(=O)CSc2ccc(C)cc2C)CC1. The van der Waals surface area contributed by atoms with E-state index in [0.29, 0.717) is 18.8 Å². The second kappa shape index (κ2) is 12.3. The Morgan fingerprint density at radius 2 is 1.69 bits per heavy atom. The van der Waals surface area contributed by atoms with Gasteiger partial charge in [0.15, 0.2) is 0 Å². The van der Waals surface area contributed by atoms with Crippen molar-refractivity contribution < 1.29 is 13.2 Å². The van der Waals surface area contributed by atoms with E-state index < -0.39 is 10.0 Å². The highest BCUT2D eigenvalue weighted by Gasteiger charge is 2.25. The lowest BCUT2D eigenvalue weighted by atomic mass is 10.2. The molecule has 7 nitrogen and oxygen atoms in total. The number of hydrogen-bond acceptors (Lipinski definition) is 6. The van der Waals surface area contributed by atoms with Crippen LogP contribution in [0.25, 0.3) is 0 Å². The number of aryl methyl sites for hydroxylation is 2. The van der Waals surface area contributed by atoms with E-state index >= 15 is 0 Å². The third kappa shape index (κ3) is 6.78. The van der Waals surface area contributed by atoms with Gasteiger partial charge in [-0.3, -0.25) is 4.79 Å². The fourth-order valence-corrected chi connectivity index (χ4v) is 6.65. The molecule has 9 heteroatoms. The lowest BCUT2D eigenvalue weighted by Crippen LogP contribution is -2.46. The van der Waals surface area contributed by atoms with Gasteiger partial charge in [0.25, 0.3) is 0 Å². The molecule has 0 aliphatic carbocycles. The van der Waals surface area contributed by atoms with E-state index in [9.17, 15) is 13.2 Å². The molecule has 2 aromatic carbocycles. The normalized spacial score (nSPS) is 15.0. The molecule has 0 unspecified atom stereocenters. The number of likely N-dealkylation sites (N-methyl/N-ethyl adjacent to an activating group) is 1. The van der Waals surface area contributed by atoms with E-state index in [0.717, 1.165) is 48.9 Å². The molecule has 0 saturated carbocycles. The lowest BCUT2D eigenvalue weighted by Gasteiger charge is -2.36. The van der Waals surface area contributed by atoms with Crippen LogP contribution < -0.4 is 10.2 Å². The maximum absolute atomic E-state index is 13.2. The van der Waals surface area contributed by atoms with Gasteiger partial charge in [-0.1, -0.05) is 38.5 Å². The Hall–Kier alpha value is -2.07. The summed E-state index contributed by atoms with van der Waals surface area (Å²) >= 11 is 1.49. The first kappa shape index (κ1) is 27.5. The van der Waals surface area contributed by atoms with Gasteiger partial charge in [-0.15, -0.1) is 11.8 Å². The Kier molecular flexibility index (Phi) is 9.63. The minimum atomic E-state index is -3.63. The zero-order valence-corrected chi connectivity index (χ0v) is 23.1. The minimum Gasteiger partial charge on any atom is -0.367 e. The molecule has 1 N–H and O–H groups in total. The van der Waals surface area contributed by atoms with Gasteiger partial charge in [0.05, 0.1) is 22.0 Å². The molecule has 1 aliphatic heterocycles. The smallest absolute Gasteiger partial charge is 0.243 e. The maximum Gasteiger partial charge on any atom is 0.243 e. The molecule has 35 heavy (non-hydrogen) atoms. The second-order valence-electron chi connectivity index (χ2n) is 8.80. The summed E-state index contributed by atoms with van der Waals surface area (Å²) in [7, 11) is -3.63. The molecule has 3 rings (SSSR count). The summed E-state index contributed by atoms with van der Waals surface area (Å²) in [6, 6.07) is 11.3. The molecule has 0 spiro atoms. The zero-order chi connectivity index (χ0) is 25.6. The summed E-state index contributed by atoms with van der Waals surface area (Å²) in [4.78, 5) is 18.9. The molecule has 1 saturated heterocycles. The van der Waals surface area contributed by atoms with Crippen molar-refractivity contribution in [3.05, 3.63) is 47.5 Å². The zero-order valence-electron chi connectivity index (χ0n) is 21.5. The van der Waals surface area contributed by atoms with Crippen molar-refractivity contribution in [3.8, 4) is 0 Å². The number of nitrogens with zero attached hydrogens (tertiary/aromatic N) is 3. The standard InChI is InChI=1S/C26H38N4O3S2/c1-6-28-13-15-29(16-14-28)24-11-10-22(35(32,33)30(7-2)8-3)18-23(24)27-26(31)19-34-25-12-9-20(4)17-21(25)5/h9-12,17-18H,6-8,13-16,19H2,1-5H3,(H,27,31). The third-order valence-electron chi connectivity index (χ3n) is 6.43. The first-order valence-electron chi connectivity index (χ1n) is 12.3. The Morgan fingerprint density at radius 1 is 1.00 bits per heavy atom. The van der Waals surface area contributed by atoms with Crippen LogP contribution in [0.4, 0.5) is 11.4 Å². The molecule has 0 radical (unpaired) electrons. The fraction of sp³-hybridized carbons (Fsp3) is 0.500. The van der Waals surface area contributed by atoms with Crippen molar-refractivity contribution in [1.82, 2.24) is 9.21 Å². The summed E-state index contributed by atoms with van der Waals surface area (Å²) in [6.07, 6.45) is 0. The van der Waals surface area contributed by atoms with Crippen LogP contribution in [-0.4, -0.2) is 75.1 Å². The van der Waals surface area contributed by atoms with E-state index in [2.05, 4.69) is 35.0 Å². The highest BCUT2D eigenvalue weighted by atomic mass is 32.2. The van der Waals surface area contributed by atoms with Crippen LogP contribution in [0.3, 0.4) is 0 Å². The molecule has 192 valence electrons. The molecule has 0 atom stereocenters. The molecule has 1 heterocycles. The van der Waals surface area contributed by atoms with Crippen molar-refractivity contribution in [1.29, 1.82) is 0 Å². The summed E-state index contributed by atoms with van der Waals surface area (Å²) in [6.45, 7) is 15.2. The van der Waals surface area contributed by atoms with E-state index in [-0.39, 0.29) is 16.6 Å². The third-order valence-corrected chi connectivity index (χ3v) is 9.66. The van der Waals surface area contributed by atoms with E-state index in [1.807, 2.05) is 39.0 Å². The van der Waals surface area contributed by atoms with Crippen LogP contribution in [0.5, 0.6) is 0 Å². The van der Waals surface area contributed by atoms with Gasteiger partial charge in [-0.25, -0.2) is 8.42 Å². The van der Waals surface area contributed by atoms with Crippen LogP contribution in [0, 0.1) is 13.8 Å². The highest BCUT2D eigenvalue weighted by Crippen LogP contribution is 2.32. The summed E-state index contributed by atoms with van der Waals surface area (Å²) in [5, 5.41) is 3.02. The Morgan fingerprint density at radius 3 is 2.29 bits per heavy atom. The second-order valence-corrected chi connectivity index (χ2v) is 11.8. The van der Waals surface area contributed by atoms with Crippen LogP contribution in [0.2, 0.25) is 0 Å². The summed E-state index contributed by atoms with van der Waals surface area (Å²) in [5.41, 5.74) is 3.75. The molecule has 0 aromatic heterocycles. The molecule has 1 amide bonds. The summed E-state index contributed by atoms with van der Waals surface area (Å²) in [5.74, 6) is 0.0979. The number of hydrogen-bond donors (Lipinski definition) is 1. The molecule has 0 bridgehead atoms. The van der Waals surface area contributed by atoms with E-state index in [1.165, 1.54) is 21.6 Å².